The summed E-state index contributed by atoms with van der Waals surface area (Å²) in [6, 6.07) is 0. The molecular formula is C19H34O10. The van der Waals surface area contributed by atoms with Gasteiger partial charge in [0, 0.05) is 0 Å². The number of hydrogen-bond donors (Lipinski definition) is 0. The molecule has 2 saturated heterocycles. The molecule has 10 nitrogen and oxygen atoms in total. The summed E-state index contributed by atoms with van der Waals surface area (Å²) in [5.74, 6) is -0.378. The van der Waals surface area contributed by atoms with Gasteiger partial charge in [-0.2, -0.15) is 0 Å². The fraction of sp³-hybridized carbons (Fsp3) is 0.947. The fourth-order valence-corrected chi connectivity index (χ4v) is 2.60. The smallest absolute Gasteiger partial charge is 0.308 e. The SMILES string of the molecule is O=C(CC1COCCOCCOCCO1)OCC1COCCOCCOCCO1. The molecule has 2 heterocycles. The minimum atomic E-state index is -0.399. The number of hydrogen-bond acceptors (Lipinski definition) is 10. The van der Waals surface area contributed by atoms with Crippen LogP contribution in [0.1, 0.15) is 6.42 Å². The zero-order chi connectivity index (χ0) is 20.4. The van der Waals surface area contributed by atoms with E-state index in [4.69, 9.17) is 42.6 Å². The molecule has 2 aliphatic rings. The van der Waals surface area contributed by atoms with E-state index in [1.165, 1.54) is 0 Å². The lowest BCUT2D eigenvalue weighted by molar-refractivity contribution is -0.156. The Kier molecular flexibility index (Phi) is 14.2. The predicted octanol–water partition coefficient (Wildman–Crippen LogP) is -0.183. The molecule has 0 aromatic rings. The second-order valence-electron chi connectivity index (χ2n) is 6.47. The van der Waals surface area contributed by atoms with Crippen LogP contribution < -0.4 is 0 Å². The van der Waals surface area contributed by atoms with Crippen LogP contribution in [0, 0.1) is 0 Å². The maximum Gasteiger partial charge on any atom is 0.308 e. The van der Waals surface area contributed by atoms with Crippen LogP contribution in [-0.4, -0.2) is 117 Å². The molecule has 29 heavy (non-hydrogen) atoms. The minimum absolute atomic E-state index is 0.0887. The van der Waals surface area contributed by atoms with E-state index in [1.54, 1.807) is 0 Å². The molecule has 0 radical (unpaired) electrons. The maximum absolute atomic E-state index is 12.3. The molecule has 10 heteroatoms. The first-order valence-corrected chi connectivity index (χ1v) is 10.2. The highest BCUT2D eigenvalue weighted by Crippen LogP contribution is 2.05. The molecular weight excluding hydrogens is 388 g/mol. The first-order valence-electron chi connectivity index (χ1n) is 10.2. The third-order valence-corrected chi connectivity index (χ3v) is 4.08. The number of rotatable bonds is 4. The van der Waals surface area contributed by atoms with Gasteiger partial charge in [0.15, 0.2) is 0 Å². The van der Waals surface area contributed by atoms with E-state index in [-0.39, 0.29) is 25.1 Å². The Balaban J connectivity index is 1.68. The quantitative estimate of drug-likeness (QED) is 0.567. The molecule has 170 valence electrons. The predicted molar refractivity (Wildman–Crippen MR) is 100.0 cm³/mol. The number of carbonyl (C=O) groups is 1. The average molecular weight is 422 g/mol. The average Bonchev–Trinajstić information content (AvgIpc) is 2.70. The van der Waals surface area contributed by atoms with Crippen molar-refractivity contribution in [3.8, 4) is 0 Å². The van der Waals surface area contributed by atoms with Crippen LogP contribution >= 0.6 is 0 Å². The molecule has 0 spiro atoms. The lowest BCUT2D eigenvalue weighted by Gasteiger charge is -2.21. The summed E-state index contributed by atoms with van der Waals surface area (Å²) in [4.78, 5) is 12.3. The van der Waals surface area contributed by atoms with Gasteiger partial charge in [-0.25, -0.2) is 0 Å². The number of carbonyl (C=O) groups excluding carboxylic acids is 1. The van der Waals surface area contributed by atoms with Gasteiger partial charge in [-0.05, 0) is 0 Å². The Labute approximate surface area is 171 Å². The van der Waals surface area contributed by atoms with Gasteiger partial charge >= 0.3 is 5.97 Å². The van der Waals surface area contributed by atoms with Crippen molar-refractivity contribution in [3.05, 3.63) is 0 Å². The van der Waals surface area contributed by atoms with Crippen molar-refractivity contribution in [1.82, 2.24) is 0 Å². The fourth-order valence-electron chi connectivity index (χ4n) is 2.60. The molecule has 2 aliphatic heterocycles. The Morgan fingerprint density at radius 1 is 0.586 bits per heavy atom. The van der Waals surface area contributed by atoms with E-state index in [2.05, 4.69) is 0 Å². The first kappa shape index (κ1) is 24.4. The largest absolute Gasteiger partial charge is 0.463 e. The standard InChI is InChI=1S/C19H34O10/c20-19(13-17-14-25-7-5-21-1-3-23-9-11-27-17)29-16-18-15-26-8-6-22-2-4-24-10-12-28-18/h17-18H,1-16H2. The van der Waals surface area contributed by atoms with Crippen LogP contribution in [0.4, 0.5) is 0 Å². The number of ether oxygens (including phenoxy) is 9. The van der Waals surface area contributed by atoms with Crippen molar-refractivity contribution >= 4 is 5.97 Å². The molecule has 0 N–H and O–H groups in total. The molecule has 0 aromatic heterocycles. The van der Waals surface area contributed by atoms with Crippen molar-refractivity contribution in [2.24, 2.45) is 0 Å². The molecule has 0 bridgehead atoms. The molecule has 2 unspecified atom stereocenters. The van der Waals surface area contributed by atoms with Crippen LogP contribution in [0.5, 0.6) is 0 Å². The molecule has 0 aromatic carbocycles. The van der Waals surface area contributed by atoms with Gasteiger partial charge in [-0.3, -0.25) is 4.79 Å². The second kappa shape index (κ2) is 16.9. The summed E-state index contributed by atoms with van der Waals surface area (Å²) in [5.41, 5.74) is 0. The minimum Gasteiger partial charge on any atom is -0.463 e. The Morgan fingerprint density at radius 3 is 1.55 bits per heavy atom. The third kappa shape index (κ3) is 13.1. The molecule has 0 aliphatic carbocycles. The zero-order valence-electron chi connectivity index (χ0n) is 17.1. The monoisotopic (exact) mass is 422 g/mol. The Bertz CT molecular complexity index is 384. The van der Waals surface area contributed by atoms with Crippen LogP contribution in [-0.2, 0) is 47.4 Å². The van der Waals surface area contributed by atoms with E-state index in [1.807, 2.05) is 0 Å². The highest BCUT2D eigenvalue weighted by molar-refractivity contribution is 5.70. The van der Waals surface area contributed by atoms with Gasteiger partial charge < -0.3 is 42.6 Å². The molecule has 0 saturated carbocycles. The molecule has 2 atom stereocenters. The second-order valence-corrected chi connectivity index (χ2v) is 6.47. The van der Waals surface area contributed by atoms with E-state index in [0.29, 0.717) is 92.5 Å². The van der Waals surface area contributed by atoms with Gasteiger partial charge in [0.2, 0.25) is 0 Å². The van der Waals surface area contributed by atoms with Gasteiger partial charge in [-0.15, -0.1) is 0 Å². The van der Waals surface area contributed by atoms with E-state index in [9.17, 15) is 4.79 Å². The van der Waals surface area contributed by atoms with Gasteiger partial charge in [0.05, 0.1) is 105 Å². The van der Waals surface area contributed by atoms with Crippen molar-refractivity contribution in [3.63, 3.8) is 0 Å². The third-order valence-electron chi connectivity index (χ3n) is 4.08. The van der Waals surface area contributed by atoms with Crippen molar-refractivity contribution in [2.75, 3.05) is 99.1 Å². The van der Waals surface area contributed by atoms with E-state index >= 15 is 0 Å². The van der Waals surface area contributed by atoms with Crippen LogP contribution in [0.25, 0.3) is 0 Å². The Hall–Kier alpha value is -0.850. The van der Waals surface area contributed by atoms with Gasteiger partial charge in [0.25, 0.3) is 0 Å². The van der Waals surface area contributed by atoms with Crippen LogP contribution in [0.3, 0.4) is 0 Å². The maximum atomic E-state index is 12.3. The first-order chi connectivity index (χ1) is 14.3. The van der Waals surface area contributed by atoms with Crippen LogP contribution in [0.15, 0.2) is 0 Å². The topological polar surface area (TPSA) is 100 Å². The van der Waals surface area contributed by atoms with Crippen molar-refractivity contribution in [2.45, 2.75) is 18.6 Å². The van der Waals surface area contributed by atoms with Crippen molar-refractivity contribution < 1.29 is 47.4 Å². The van der Waals surface area contributed by atoms with Gasteiger partial charge in [-0.1, -0.05) is 0 Å². The molecule has 2 rings (SSSR count). The Morgan fingerprint density at radius 2 is 1.00 bits per heavy atom. The summed E-state index contributed by atoms with van der Waals surface area (Å²) in [6.07, 6.45) is -0.670. The zero-order valence-corrected chi connectivity index (χ0v) is 17.1. The van der Waals surface area contributed by atoms with E-state index < -0.39 is 6.10 Å². The molecule has 0 amide bonds. The highest BCUT2D eigenvalue weighted by Gasteiger charge is 2.19. The van der Waals surface area contributed by atoms with Gasteiger partial charge in [0.1, 0.15) is 12.7 Å². The number of esters is 1. The lowest BCUT2D eigenvalue weighted by Crippen LogP contribution is -2.32. The summed E-state index contributed by atoms with van der Waals surface area (Å²) >= 11 is 0. The summed E-state index contributed by atoms with van der Waals surface area (Å²) in [6.45, 7) is 6.33. The van der Waals surface area contributed by atoms with Crippen LogP contribution in [0.2, 0.25) is 0 Å². The normalized spacial score (nSPS) is 27.4. The molecule has 2 fully saturated rings. The van der Waals surface area contributed by atoms with E-state index in [0.717, 1.165) is 0 Å². The van der Waals surface area contributed by atoms with Crippen molar-refractivity contribution in [1.29, 1.82) is 0 Å². The summed E-state index contributed by atoms with van der Waals surface area (Å²) in [5, 5.41) is 0. The summed E-state index contributed by atoms with van der Waals surface area (Å²) < 4.78 is 49.3. The summed E-state index contributed by atoms with van der Waals surface area (Å²) in [7, 11) is 0. The lowest BCUT2D eigenvalue weighted by atomic mass is 10.2. The highest BCUT2D eigenvalue weighted by atomic mass is 16.6.